The summed E-state index contributed by atoms with van der Waals surface area (Å²) in [5, 5.41) is 6.26. The zero-order chi connectivity index (χ0) is 17.3. The van der Waals surface area contributed by atoms with E-state index in [0.29, 0.717) is 11.3 Å². The van der Waals surface area contributed by atoms with Crippen LogP contribution in [-0.2, 0) is 4.79 Å². The number of anilines is 2. The van der Waals surface area contributed by atoms with Gasteiger partial charge in [-0.2, -0.15) is 0 Å². The first kappa shape index (κ1) is 16.8. The second-order valence-corrected chi connectivity index (χ2v) is 6.85. The number of carbonyl (C=O) groups is 2. The molecule has 2 aliphatic heterocycles. The monoisotopic (exact) mass is 330 g/mol. The zero-order valence-corrected chi connectivity index (χ0v) is 14.6. The summed E-state index contributed by atoms with van der Waals surface area (Å²) in [6.45, 7) is 7.41. The molecule has 1 saturated heterocycles. The highest BCUT2D eigenvalue weighted by molar-refractivity contribution is 6.05. The SMILES string of the molecule is CC[C@H](C)[C@H]1Nc2ccc(C(=O)N3CCN(C)CC3)cc2NC1=O. The Kier molecular flexibility index (Phi) is 4.76. The Morgan fingerprint density at radius 2 is 1.96 bits per heavy atom. The summed E-state index contributed by atoms with van der Waals surface area (Å²) in [5.74, 6) is 0.259. The largest absolute Gasteiger partial charge is 0.372 e. The van der Waals surface area contributed by atoms with Crippen LogP contribution in [0, 0.1) is 5.92 Å². The van der Waals surface area contributed by atoms with Crippen LogP contribution < -0.4 is 10.6 Å². The molecule has 2 amide bonds. The predicted octanol–water partition coefficient (Wildman–Crippen LogP) is 1.85. The van der Waals surface area contributed by atoms with Crippen molar-refractivity contribution in [2.75, 3.05) is 43.9 Å². The van der Waals surface area contributed by atoms with Gasteiger partial charge in [0.15, 0.2) is 0 Å². The van der Waals surface area contributed by atoms with Crippen LogP contribution in [0.15, 0.2) is 18.2 Å². The summed E-state index contributed by atoms with van der Waals surface area (Å²) < 4.78 is 0. The Labute approximate surface area is 143 Å². The van der Waals surface area contributed by atoms with Gasteiger partial charge in [0, 0.05) is 31.7 Å². The summed E-state index contributed by atoms with van der Waals surface area (Å²) in [4.78, 5) is 29.1. The van der Waals surface area contributed by atoms with Crippen LogP contribution in [0.5, 0.6) is 0 Å². The smallest absolute Gasteiger partial charge is 0.254 e. The van der Waals surface area contributed by atoms with Crippen LogP contribution in [-0.4, -0.2) is 60.9 Å². The third kappa shape index (κ3) is 3.24. The van der Waals surface area contributed by atoms with Gasteiger partial charge in [0.2, 0.25) is 5.91 Å². The molecule has 6 heteroatoms. The van der Waals surface area contributed by atoms with Crippen molar-refractivity contribution >= 4 is 23.2 Å². The molecule has 0 aliphatic carbocycles. The summed E-state index contributed by atoms with van der Waals surface area (Å²) in [6.07, 6.45) is 0.931. The first-order chi connectivity index (χ1) is 11.5. The molecule has 0 saturated carbocycles. The van der Waals surface area contributed by atoms with Gasteiger partial charge in [0.25, 0.3) is 5.91 Å². The van der Waals surface area contributed by atoms with Crippen molar-refractivity contribution in [1.29, 1.82) is 0 Å². The van der Waals surface area contributed by atoms with Gasteiger partial charge in [0.1, 0.15) is 6.04 Å². The summed E-state index contributed by atoms with van der Waals surface area (Å²) in [7, 11) is 2.07. The number of hydrogen-bond acceptors (Lipinski definition) is 4. The molecule has 2 aliphatic rings. The van der Waals surface area contributed by atoms with Gasteiger partial charge in [-0.25, -0.2) is 0 Å². The lowest BCUT2D eigenvalue weighted by Gasteiger charge is -2.33. The van der Waals surface area contributed by atoms with Crippen molar-refractivity contribution in [2.45, 2.75) is 26.3 Å². The number of carbonyl (C=O) groups excluding carboxylic acids is 2. The molecule has 0 aromatic heterocycles. The Morgan fingerprint density at radius 3 is 2.62 bits per heavy atom. The van der Waals surface area contributed by atoms with Gasteiger partial charge in [-0.15, -0.1) is 0 Å². The number of benzene rings is 1. The first-order valence-electron chi connectivity index (χ1n) is 8.69. The number of nitrogens with zero attached hydrogens (tertiary/aromatic N) is 2. The summed E-state index contributed by atoms with van der Waals surface area (Å²) in [5.41, 5.74) is 2.21. The third-order valence-corrected chi connectivity index (χ3v) is 5.12. The number of piperazine rings is 1. The van der Waals surface area contributed by atoms with Gasteiger partial charge in [-0.05, 0) is 31.2 Å². The molecule has 0 radical (unpaired) electrons. The lowest BCUT2D eigenvalue weighted by atomic mass is 9.95. The fraction of sp³-hybridized carbons (Fsp3) is 0.556. The highest BCUT2D eigenvalue weighted by Gasteiger charge is 2.30. The van der Waals surface area contributed by atoms with E-state index in [-0.39, 0.29) is 23.8 Å². The lowest BCUT2D eigenvalue weighted by Crippen LogP contribution is -2.47. The fourth-order valence-corrected chi connectivity index (χ4v) is 3.18. The molecule has 24 heavy (non-hydrogen) atoms. The first-order valence-corrected chi connectivity index (χ1v) is 8.69. The van der Waals surface area contributed by atoms with Crippen LogP contribution >= 0.6 is 0 Å². The minimum Gasteiger partial charge on any atom is -0.372 e. The second kappa shape index (κ2) is 6.81. The van der Waals surface area contributed by atoms with E-state index in [1.54, 1.807) is 6.07 Å². The van der Waals surface area contributed by atoms with Crippen molar-refractivity contribution in [2.24, 2.45) is 5.92 Å². The van der Waals surface area contributed by atoms with Crippen LogP contribution in [0.4, 0.5) is 11.4 Å². The van der Waals surface area contributed by atoms with E-state index in [1.807, 2.05) is 17.0 Å². The number of amides is 2. The number of nitrogens with one attached hydrogen (secondary N) is 2. The molecule has 3 rings (SSSR count). The molecule has 0 spiro atoms. The zero-order valence-electron chi connectivity index (χ0n) is 14.6. The van der Waals surface area contributed by atoms with E-state index in [9.17, 15) is 9.59 Å². The van der Waals surface area contributed by atoms with Gasteiger partial charge >= 0.3 is 0 Å². The van der Waals surface area contributed by atoms with Gasteiger partial charge in [-0.3, -0.25) is 9.59 Å². The van der Waals surface area contributed by atoms with Crippen molar-refractivity contribution in [3.05, 3.63) is 23.8 Å². The van der Waals surface area contributed by atoms with Crippen LogP contribution in [0.2, 0.25) is 0 Å². The van der Waals surface area contributed by atoms with Gasteiger partial charge in [0.05, 0.1) is 11.4 Å². The van der Waals surface area contributed by atoms with Crippen molar-refractivity contribution < 1.29 is 9.59 Å². The van der Waals surface area contributed by atoms with Gasteiger partial charge in [-0.1, -0.05) is 20.3 Å². The average Bonchev–Trinajstić information content (AvgIpc) is 2.60. The molecule has 1 fully saturated rings. The van der Waals surface area contributed by atoms with Crippen LogP contribution in [0.25, 0.3) is 0 Å². The predicted molar refractivity (Wildman–Crippen MR) is 95.3 cm³/mol. The summed E-state index contributed by atoms with van der Waals surface area (Å²) >= 11 is 0. The lowest BCUT2D eigenvalue weighted by molar-refractivity contribution is -0.118. The van der Waals surface area contributed by atoms with E-state index >= 15 is 0 Å². The Morgan fingerprint density at radius 1 is 1.25 bits per heavy atom. The topological polar surface area (TPSA) is 64.7 Å². The van der Waals surface area contributed by atoms with Crippen molar-refractivity contribution in [1.82, 2.24) is 9.80 Å². The fourth-order valence-electron chi connectivity index (χ4n) is 3.18. The third-order valence-electron chi connectivity index (χ3n) is 5.12. The molecular formula is C18H26N4O2. The van der Waals surface area contributed by atoms with Crippen molar-refractivity contribution in [3.8, 4) is 0 Å². The molecule has 0 unspecified atom stereocenters. The molecule has 2 atom stereocenters. The Balaban J connectivity index is 1.76. The van der Waals surface area contributed by atoms with Gasteiger partial charge < -0.3 is 20.4 Å². The Bertz CT molecular complexity index is 638. The number of hydrogen-bond donors (Lipinski definition) is 2. The maximum absolute atomic E-state index is 12.7. The van der Waals surface area contributed by atoms with E-state index < -0.39 is 0 Å². The number of likely N-dealkylation sites (N-methyl/N-ethyl adjacent to an activating group) is 1. The molecule has 2 heterocycles. The van der Waals surface area contributed by atoms with E-state index in [4.69, 9.17) is 0 Å². The van der Waals surface area contributed by atoms with E-state index in [2.05, 4.69) is 36.4 Å². The second-order valence-electron chi connectivity index (χ2n) is 6.85. The quantitative estimate of drug-likeness (QED) is 0.888. The summed E-state index contributed by atoms with van der Waals surface area (Å²) in [6, 6.07) is 5.31. The molecule has 130 valence electrons. The number of fused-ring (bicyclic) bond motifs is 1. The van der Waals surface area contributed by atoms with Crippen molar-refractivity contribution in [3.63, 3.8) is 0 Å². The number of rotatable bonds is 3. The molecule has 0 bridgehead atoms. The normalized spacial score (nSPS) is 22.4. The molecule has 6 nitrogen and oxygen atoms in total. The minimum atomic E-state index is -0.221. The Hall–Kier alpha value is -2.08. The molecule has 1 aromatic carbocycles. The average molecular weight is 330 g/mol. The molecule has 1 aromatic rings. The standard InChI is InChI=1S/C18H26N4O2/c1-4-12(2)16-17(23)20-15-11-13(5-6-14(15)19-16)18(24)22-9-7-21(3)8-10-22/h5-6,11-12,16,19H,4,7-10H2,1-3H3,(H,20,23)/t12-,16+/m0/s1. The maximum atomic E-state index is 12.7. The minimum absolute atomic E-state index is 0.0268. The van der Waals surface area contributed by atoms with E-state index in [1.165, 1.54) is 0 Å². The van der Waals surface area contributed by atoms with E-state index in [0.717, 1.165) is 38.3 Å². The molecule has 2 N–H and O–H groups in total. The maximum Gasteiger partial charge on any atom is 0.254 e. The highest BCUT2D eigenvalue weighted by Crippen LogP contribution is 2.30. The highest BCUT2D eigenvalue weighted by atomic mass is 16.2. The van der Waals surface area contributed by atoms with Crippen LogP contribution in [0.1, 0.15) is 30.6 Å². The van der Waals surface area contributed by atoms with Crippen LogP contribution in [0.3, 0.4) is 0 Å². The molecular weight excluding hydrogens is 304 g/mol.